The van der Waals surface area contributed by atoms with Crippen molar-refractivity contribution in [3.8, 4) is 0 Å². The van der Waals surface area contributed by atoms with Crippen LogP contribution >= 0.6 is 27.5 Å². The topological polar surface area (TPSA) is 12.9 Å². The maximum absolute atomic E-state index is 5.67. The summed E-state index contributed by atoms with van der Waals surface area (Å²) >= 11 is 9.15. The SMILES string of the molecule is Cc1cnc(CCl)c(C)c1Br. The molecule has 0 saturated heterocycles. The fourth-order valence-electron chi connectivity index (χ4n) is 0.885. The van der Waals surface area contributed by atoms with Crippen molar-refractivity contribution in [3.05, 3.63) is 27.5 Å². The van der Waals surface area contributed by atoms with E-state index in [-0.39, 0.29) is 0 Å². The molecule has 60 valence electrons. The van der Waals surface area contributed by atoms with Crippen molar-refractivity contribution in [3.63, 3.8) is 0 Å². The second-order valence-electron chi connectivity index (χ2n) is 2.46. The van der Waals surface area contributed by atoms with Crippen molar-refractivity contribution in [2.45, 2.75) is 19.7 Å². The lowest BCUT2D eigenvalue weighted by Gasteiger charge is -2.05. The summed E-state index contributed by atoms with van der Waals surface area (Å²) in [5.74, 6) is 0.477. The lowest BCUT2D eigenvalue weighted by Crippen LogP contribution is -1.93. The molecule has 11 heavy (non-hydrogen) atoms. The van der Waals surface area contributed by atoms with E-state index in [2.05, 4.69) is 20.9 Å². The first kappa shape index (κ1) is 9.01. The molecule has 0 N–H and O–H groups in total. The van der Waals surface area contributed by atoms with Gasteiger partial charge in [-0.15, -0.1) is 11.6 Å². The third-order valence-electron chi connectivity index (χ3n) is 1.65. The fraction of sp³-hybridized carbons (Fsp3) is 0.375. The number of hydrogen-bond donors (Lipinski definition) is 0. The smallest absolute Gasteiger partial charge is 0.0650 e. The molecule has 1 aromatic heterocycles. The molecule has 0 aliphatic carbocycles. The first-order valence-electron chi connectivity index (χ1n) is 3.33. The largest absolute Gasteiger partial charge is 0.259 e. The van der Waals surface area contributed by atoms with Crippen molar-refractivity contribution < 1.29 is 0 Å². The summed E-state index contributed by atoms with van der Waals surface area (Å²) in [5.41, 5.74) is 3.24. The molecule has 1 nitrogen and oxygen atoms in total. The molecule has 1 heterocycles. The number of aromatic nitrogens is 1. The number of rotatable bonds is 1. The van der Waals surface area contributed by atoms with Crippen molar-refractivity contribution in [1.82, 2.24) is 4.98 Å². The average molecular weight is 235 g/mol. The first-order chi connectivity index (χ1) is 5.16. The molecule has 0 aromatic carbocycles. The zero-order valence-corrected chi connectivity index (χ0v) is 8.83. The number of nitrogens with zero attached hydrogens (tertiary/aromatic N) is 1. The Kier molecular flexibility index (Phi) is 2.90. The highest BCUT2D eigenvalue weighted by molar-refractivity contribution is 9.10. The number of aryl methyl sites for hydroxylation is 1. The van der Waals surface area contributed by atoms with E-state index in [1.165, 1.54) is 0 Å². The van der Waals surface area contributed by atoms with Crippen LogP contribution in [-0.2, 0) is 5.88 Å². The number of pyridine rings is 1. The molecule has 1 aromatic rings. The lowest BCUT2D eigenvalue weighted by atomic mass is 10.2. The lowest BCUT2D eigenvalue weighted by molar-refractivity contribution is 1.09. The van der Waals surface area contributed by atoms with Crippen LogP contribution in [0.2, 0.25) is 0 Å². The third-order valence-corrected chi connectivity index (χ3v) is 3.12. The molecule has 0 radical (unpaired) electrons. The number of hydrogen-bond acceptors (Lipinski definition) is 1. The van der Waals surface area contributed by atoms with E-state index in [0.717, 1.165) is 21.3 Å². The Bertz CT molecular complexity index is 273. The van der Waals surface area contributed by atoms with Crippen molar-refractivity contribution in [2.24, 2.45) is 0 Å². The highest BCUT2D eigenvalue weighted by atomic mass is 79.9. The van der Waals surface area contributed by atoms with E-state index in [4.69, 9.17) is 11.6 Å². The van der Waals surface area contributed by atoms with Crippen LogP contribution in [0.3, 0.4) is 0 Å². The van der Waals surface area contributed by atoms with Gasteiger partial charge in [0.2, 0.25) is 0 Å². The molecule has 0 unspecified atom stereocenters. The average Bonchev–Trinajstić information content (AvgIpc) is 2.01. The normalized spacial score (nSPS) is 10.2. The Morgan fingerprint density at radius 1 is 1.55 bits per heavy atom. The van der Waals surface area contributed by atoms with Gasteiger partial charge >= 0.3 is 0 Å². The molecule has 3 heteroatoms. The van der Waals surface area contributed by atoms with Crippen LogP contribution in [0, 0.1) is 13.8 Å². The van der Waals surface area contributed by atoms with E-state index < -0.39 is 0 Å². The van der Waals surface area contributed by atoms with Crippen molar-refractivity contribution in [1.29, 1.82) is 0 Å². The maximum atomic E-state index is 5.67. The molecule has 1 rings (SSSR count). The van der Waals surface area contributed by atoms with Crippen LogP contribution < -0.4 is 0 Å². The summed E-state index contributed by atoms with van der Waals surface area (Å²) < 4.78 is 1.11. The van der Waals surface area contributed by atoms with Gasteiger partial charge in [0.15, 0.2) is 0 Å². The summed E-state index contributed by atoms with van der Waals surface area (Å²) in [6, 6.07) is 0. The van der Waals surface area contributed by atoms with Gasteiger partial charge in [0.25, 0.3) is 0 Å². The molecule has 0 saturated carbocycles. The molecular weight excluding hydrogens is 225 g/mol. The second kappa shape index (κ2) is 3.55. The van der Waals surface area contributed by atoms with Crippen LogP contribution in [0.5, 0.6) is 0 Å². The van der Waals surface area contributed by atoms with Crippen molar-refractivity contribution >= 4 is 27.5 Å². The minimum atomic E-state index is 0.477. The van der Waals surface area contributed by atoms with E-state index in [0.29, 0.717) is 5.88 Å². The van der Waals surface area contributed by atoms with Gasteiger partial charge in [0, 0.05) is 10.7 Å². The maximum Gasteiger partial charge on any atom is 0.0650 e. The zero-order valence-electron chi connectivity index (χ0n) is 6.49. The second-order valence-corrected chi connectivity index (χ2v) is 3.52. The summed E-state index contributed by atoms with van der Waals surface area (Å²) in [7, 11) is 0. The highest BCUT2D eigenvalue weighted by Gasteiger charge is 2.04. The molecule has 0 aliphatic heterocycles. The summed E-state index contributed by atoms with van der Waals surface area (Å²) in [6.07, 6.45) is 1.83. The molecule has 0 bridgehead atoms. The molecule has 0 spiro atoms. The van der Waals surface area contributed by atoms with Gasteiger partial charge in [-0.3, -0.25) is 4.98 Å². The highest BCUT2D eigenvalue weighted by Crippen LogP contribution is 2.22. The van der Waals surface area contributed by atoms with E-state index in [1.54, 1.807) is 0 Å². The van der Waals surface area contributed by atoms with Gasteiger partial charge < -0.3 is 0 Å². The molecule has 0 amide bonds. The van der Waals surface area contributed by atoms with Crippen LogP contribution in [0.4, 0.5) is 0 Å². The summed E-state index contributed by atoms with van der Waals surface area (Å²) in [5, 5.41) is 0. The van der Waals surface area contributed by atoms with Gasteiger partial charge in [-0.2, -0.15) is 0 Å². The van der Waals surface area contributed by atoms with Gasteiger partial charge in [0.05, 0.1) is 11.6 Å². The zero-order chi connectivity index (χ0) is 8.43. The molecule has 0 atom stereocenters. The van der Waals surface area contributed by atoms with E-state index in [9.17, 15) is 0 Å². The van der Waals surface area contributed by atoms with Gasteiger partial charge in [0.1, 0.15) is 0 Å². The number of halogens is 2. The van der Waals surface area contributed by atoms with E-state index in [1.807, 2.05) is 20.0 Å². The summed E-state index contributed by atoms with van der Waals surface area (Å²) in [4.78, 5) is 4.20. The van der Waals surface area contributed by atoms with Crippen LogP contribution in [0.25, 0.3) is 0 Å². The van der Waals surface area contributed by atoms with Crippen molar-refractivity contribution in [2.75, 3.05) is 0 Å². The van der Waals surface area contributed by atoms with Gasteiger partial charge in [-0.05, 0) is 25.0 Å². The third kappa shape index (κ3) is 1.74. The Morgan fingerprint density at radius 3 is 2.73 bits per heavy atom. The standard InChI is InChI=1S/C8H9BrClN/c1-5-4-11-7(3-10)6(2)8(5)9/h4H,3H2,1-2H3. The van der Waals surface area contributed by atoms with Gasteiger partial charge in [-0.1, -0.05) is 15.9 Å². The molecule has 0 fully saturated rings. The van der Waals surface area contributed by atoms with Crippen LogP contribution in [-0.4, -0.2) is 4.98 Å². The van der Waals surface area contributed by atoms with Crippen LogP contribution in [0.15, 0.2) is 10.7 Å². The predicted molar refractivity (Wildman–Crippen MR) is 51.0 cm³/mol. The Balaban J connectivity index is 3.25. The molecular formula is C8H9BrClN. The molecule has 0 aliphatic rings. The fourth-order valence-corrected chi connectivity index (χ4v) is 1.49. The van der Waals surface area contributed by atoms with Crippen LogP contribution in [0.1, 0.15) is 16.8 Å². The van der Waals surface area contributed by atoms with E-state index >= 15 is 0 Å². The Hall–Kier alpha value is -0.0800. The quantitative estimate of drug-likeness (QED) is 0.680. The Labute approximate surface area is 79.9 Å². The predicted octanol–water partition coefficient (Wildman–Crippen LogP) is 3.20. The minimum Gasteiger partial charge on any atom is -0.259 e. The Morgan fingerprint density at radius 2 is 2.18 bits per heavy atom. The first-order valence-corrected chi connectivity index (χ1v) is 4.66. The minimum absolute atomic E-state index is 0.477. The monoisotopic (exact) mass is 233 g/mol. The summed E-state index contributed by atoms with van der Waals surface area (Å²) in [6.45, 7) is 4.03. The van der Waals surface area contributed by atoms with Gasteiger partial charge in [-0.25, -0.2) is 0 Å². The number of alkyl halides is 1.